The minimum absolute atomic E-state index is 0. The summed E-state index contributed by atoms with van der Waals surface area (Å²) < 4.78 is 265. The van der Waals surface area contributed by atoms with Gasteiger partial charge in [0.25, 0.3) is 0 Å². The van der Waals surface area contributed by atoms with Crippen LogP contribution in [0.5, 0.6) is 0 Å². The van der Waals surface area contributed by atoms with E-state index in [1.807, 2.05) is 245 Å². The molecule has 24 N–H and O–H groups in total. The van der Waals surface area contributed by atoms with E-state index < -0.39 is 83.2 Å². The van der Waals surface area contributed by atoms with Crippen LogP contribution < -0.4 is 49.8 Å². The lowest BCUT2D eigenvalue weighted by Crippen LogP contribution is -1.97. The van der Waals surface area contributed by atoms with Crippen molar-refractivity contribution >= 4 is 144 Å². The zero-order chi connectivity index (χ0) is 84.2. The van der Waals surface area contributed by atoms with Crippen LogP contribution in [0, 0.1) is 0 Å². The Morgan fingerprint density at radius 2 is 0.211 bits per heavy atom. The van der Waals surface area contributed by atoms with Gasteiger partial charge in [0.15, 0.2) is 124 Å². The van der Waals surface area contributed by atoms with Crippen molar-refractivity contribution in [2.24, 2.45) is 0 Å². The molecule has 54 heteroatoms. The number of nitrogens with one attached hydrogen (secondary N) is 10. The van der Waals surface area contributed by atoms with E-state index in [0.717, 1.165) is 0 Å². The summed E-state index contributed by atoms with van der Waals surface area (Å²) in [6.45, 7) is 0. The molecule has 0 aliphatic rings. The van der Waals surface area contributed by atoms with Crippen LogP contribution in [-0.2, 0) is 83.2 Å². The molecule has 0 unspecified atom stereocenters. The van der Waals surface area contributed by atoms with E-state index in [4.69, 9.17) is 140 Å². The van der Waals surface area contributed by atoms with Gasteiger partial charge in [-0.2, -0.15) is 0 Å². The van der Waals surface area contributed by atoms with E-state index in [0.29, 0.717) is 0 Å². The van der Waals surface area contributed by atoms with Crippen LogP contribution in [0.2, 0.25) is 0 Å². The molecular weight excluding hydrogens is 1690 g/mol. The summed E-state index contributed by atoms with van der Waals surface area (Å²) in [5, 5.41) is 0. The number of aromatic amines is 10. The molecular formula is C60H74N10O36S8. The van der Waals surface area contributed by atoms with Crippen LogP contribution in [0.4, 0.5) is 0 Å². The number of hydrogen-bond donors (Lipinski definition) is 6. The van der Waals surface area contributed by atoms with Gasteiger partial charge in [-0.05, 0) is 55.6 Å². The molecule has 0 fully saturated rings. The van der Waals surface area contributed by atoms with Crippen molar-refractivity contribution in [1.82, 2.24) is 0 Å². The Morgan fingerprint density at radius 3 is 0.254 bits per heavy atom. The van der Waals surface area contributed by atoms with Crippen molar-refractivity contribution in [1.29, 1.82) is 0 Å². The molecule has 0 bridgehead atoms. The number of hydrogen-bond acceptors (Lipinski definition) is 26. The van der Waals surface area contributed by atoms with Crippen molar-refractivity contribution in [3.63, 3.8) is 0 Å². The molecule has 0 aliphatic carbocycles. The van der Waals surface area contributed by atoms with Crippen LogP contribution in [-0.4, -0.2) is 162 Å². The topological polar surface area (TPSA) is 893 Å². The van der Waals surface area contributed by atoms with Crippen LogP contribution in [0.25, 0.3) is 60.8 Å². The minimum atomic E-state index is -5.17. The molecule has 628 valence electrons. The Morgan fingerprint density at radius 1 is 0.167 bits per heavy atom. The summed E-state index contributed by atoms with van der Waals surface area (Å²) in [4.78, 5) is 29.9. The van der Waals surface area contributed by atoms with E-state index in [1.165, 1.54) is 55.6 Å². The van der Waals surface area contributed by atoms with Gasteiger partial charge in [-0.3, -0.25) is 44.2 Å². The summed E-state index contributed by atoms with van der Waals surface area (Å²) in [5.41, 5.74) is 11.9. The maximum Gasteiger partial charge on any atom is 0.215 e. The molecule has 46 nitrogen and oxygen atoms in total. The SMILES string of the molecule is C(=C\c1cc[nH+]cc1)/c1cc[nH+]cc1.C(=C\c1cc[nH+]cc1)/c1cc[nH+]cc1.C(=C\c1cc[nH+]cc1)/c1cc[nH+]cc1.C(=C\c1cc[nH+]cc1)/c1cc[nH+]cc1.C(=C\c1cc[nH+]cc1)/c1cc[nH+]cc1.O.O.O.O.O=S(=O)([O-])O.O=S(=O)([O-])O.O=S(=O)([O-])O.O=S(=O)([O-])O.O=S(=O)([O-])O.O=S(=O)([O-])O.O=S(=O)([O-])[O-].O=S(=O)([O-])[O-]. The maximum atomic E-state index is 8.63. The van der Waals surface area contributed by atoms with Gasteiger partial charge in [-0.25, -0.2) is 100 Å². The zero-order valence-corrected chi connectivity index (χ0v) is 64.0. The molecule has 0 aliphatic heterocycles. The van der Waals surface area contributed by atoms with Gasteiger partial charge < -0.3 is 67.4 Å². The van der Waals surface area contributed by atoms with Crippen LogP contribution in [0.1, 0.15) is 55.6 Å². The first-order chi connectivity index (χ1) is 50.7. The Bertz CT molecular complexity index is 4110. The summed E-state index contributed by atoms with van der Waals surface area (Å²) in [6.07, 6.45) is 59.2. The third-order valence-corrected chi connectivity index (χ3v) is 9.78. The molecule has 0 radical (unpaired) electrons. The first kappa shape index (κ1) is 116. The Hall–Kier alpha value is -11.0. The fourth-order valence-electron chi connectivity index (χ4n) is 6.07. The van der Waals surface area contributed by atoms with Crippen molar-refractivity contribution in [2.45, 2.75) is 0 Å². The molecule has 10 aromatic heterocycles. The van der Waals surface area contributed by atoms with Gasteiger partial charge in [0.2, 0.25) is 62.4 Å². The van der Waals surface area contributed by atoms with E-state index >= 15 is 0 Å². The van der Waals surface area contributed by atoms with Gasteiger partial charge in [0.05, 0.1) is 0 Å². The highest BCUT2D eigenvalue weighted by Crippen LogP contribution is 2.09. The van der Waals surface area contributed by atoms with Crippen LogP contribution in [0.15, 0.2) is 245 Å². The summed E-state index contributed by atoms with van der Waals surface area (Å²) in [6, 6.07) is 40.7. The predicted octanol–water partition coefficient (Wildman–Crippen LogP) is -4.52. The van der Waals surface area contributed by atoms with E-state index in [-0.39, 0.29) is 21.9 Å². The number of rotatable bonds is 10. The second-order valence-corrected chi connectivity index (χ2v) is 25.1. The molecule has 10 heterocycles. The van der Waals surface area contributed by atoms with Crippen LogP contribution >= 0.6 is 0 Å². The Labute approximate surface area is 652 Å². The lowest BCUT2D eigenvalue weighted by Gasteiger charge is -2.06. The molecule has 0 spiro atoms. The second kappa shape index (κ2) is 64.5. The molecule has 0 saturated carbocycles. The molecule has 0 amide bonds. The van der Waals surface area contributed by atoms with Crippen molar-refractivity contribution in [3.05, 3.63) is 301 Å². The zero-order valence-electron chi connectivity index (χ0n) is 57.4. The highest BCUT2D eigenvalue weighted by molar-refractivity contribution is 7.81. The summed E-state index contributed by atoms with van der Waals surface area (Å²) >= 11 is 0. The fraction of sp³-hybridized carbons (Fsp3) is 0. The van der Waals surface area contributed by atoms with Crippen molar-refractivity contribution in [3.8, 4) is 0 Å². The maximum absolute atomic E-state index is 8.63. The molecule has 0 atom stereocenters. The lowest BCUT2D eigenvalue weighted by atomic mass is 10.2. The third-order valence-electron chi connectivity index (χ3n) is 9.78. The molecule has 0 aromatic carbocycles. The first-order valence-electron chi connectivity index (χ1n) is 28.2. The minimum Gasteiger partial charge on any atom is -0.759 e. The Balaban J connectivity index is -0.000000223. The van der Waals surface area contributed by atoms with Gasteiger partial charge in [-0.15, -0.1) is 0 Å². The quantitative estimate of drug-likeness (QED) is 0.0555. The molecule has 10 aromatic rings. The largest absolute Gasteiger partial charge is 0.759 e. The third kappa shape index (κ3) is 114. The number of aromatic nitrogens is 10. The van der Waals surface area contributed by atoms with Crippen molar-refractivity contribution < 1.29 is 212 Å². The monoisotopic (exact) mass is 1770 g/mol. The molecule has 0 saturated heterocycles. The van der Waals surface area contributed by atoms with Gasteiger partial charge in [-0.1, -0.05) is 60.8 Å². The smallest absolute Gasteiger partial charge is 0.215 e. The lowest BCUT2D eigenvalue weighted by molar-refractivity contribution is -0.378. The first-order valence-corrected chi connectivity index (χ1v) is 39.1. The van der Waals surface area contributed by atoms with Gasteiger partial charge in [0.1, 0.15) is 0 Å². The average Bonchev–Trinajstić information content (AvgIpc) is 0.948. The normalized spacial score (nSPS) is 10.6. The molecule has 10 rings (SSSR count). The Kier molecular flexibility index (Phi) is 65.8. The fourth-order valence-corrected chi connectivity index (χ4v) is 6.07. The van der Waals surface area contributed by atoms with Crippen LogP contribution in [0.3, 0.4) is 0 Å². The highest BCUT2D eigenvalue weighted by Gasteiger charge is 1.95. The van der Waals surface area contributed by atoms with Gasteiger partial charge >= 0.3 is 0 Å². The summed E-state index contributed by atoms with van der Waals surface area (Å²) in [5.74, 6) is 0. The van der Waals surface area contributed by atoms with Crippen molar-refractivity contribution in [2.75, 3.05) is 0 Å². The number of H-pyrrole nitrogens is 10. The van der Waals surface area contributed by atoms with E-state index in [9.17, 15) is 0 Å². The summed E-state index contributed by atoms with van der Waals surface area (Å²) in [7, 11) is -39.8. The second-order valence-electron chi connectivity index (χ2n) is 18.4. The molecule has 114 heavy (non-hydrogen) atoms. The van der Waals surface area contributed by atoms with E-state index in [2.05, 4.69) is 111 Å². The highest BCUT2D eigenvalue weighted by atomic mass is 32.3. The number of pyridine rings is 10. The predicted molar refractivity (Wildman–Crippen MR) is 384 cm³/mol. The average molecular weight is 1770 g/mol. The standard InChI is InChI=1S/5C12H10N2.8H2O4S.4H2O/c5*1(11-3-7-13-8-4-11)2-12-5-9-14-10-6-12;8*1-5(2,3)4;;;;/h5*1-10H;8*(H2,1,2,3,4);4*1H2/b5*2-1+;;;;;;;;;;;;. The van der Waals surface area contributed by atoms with E-state index in [1.54, 1.807) is 0 Å². The van der Waals surface area contributed by atoms with Gasteiger partial charge in [0, 0.05) is 142 Å².